The maximum absolute atomic E-state index is 12.0. The van der Waals surface area contributed by atoms with Crippen LogP contribution >= 0.6 is 0 Å². The first-order valence-electron chi connectivity index (χ1n) is 6.81. The van der Waals surface area contributed by atoms with Crippen molar-refractivity contribution in [2.24, 2.45) is 0 Å². The first-order chi connectivity index (χ1) is 10.1. The zero-order valence-electron chi connectivity index (χ0n) is 12.2. The molecular weight excluding hydrogens is 270 g/mol. The fraction of sp³-hybridized carbons (Fsp3) is 0.333. The van der Waals surface area contributed by atoms with Crippen LogP contribution in [0.5, 0.6) is 0 Å². The number of nitrogens with two attached hydrogens (primary N) is 1. The fourth-order valence-corrected chi connectivity index (χ4v) is 1.82. The van der Waals surface area contributed by atoms with Gasteiger partial charge in [-0.3, -0.25) is 0 Å². The minimum Gasteiger partial charge on any atom is -0.455 e. The number of nitrogens with zero attached hydrogens (tertiary/aromatic N) is 2. The number of rotatable bonds is 6. The maximum Gasteiger partial charge on any atom is 0.359 e. The monoisotopic (exact) mass is 289 g/mol. The van der Waals surface area contributed by atoms with Crippen LogP contribution in [0.2, 0.25) is 0 Å². The maximum atomic E-state index is 12.0. The molecule has 0 spiro atoms. The first kappa shape index (κ1) is 15.1. The van der Waals surface area contributed by atoms with Gasteiger partial charge in [-0.1, -0.05) is 12.1 Å². The van der Waals surface area contributed by atoms with Gasteiger partial charge in [0.1, 0.15) is 6.10 Å². The van der Waals surface area contributed by atoms with Crippen molar-refractivity contribution in [2.75, 3.05) is 18.9 Å². The number of benzene rings is 1. The van der Waals surface area contributed by atoms with E-state index in [2.05, 4.69) is 5.10 Å². The van der Waals surface area contributed by atoms with Crippen LogP contribution in [0.25, 0.3) is 5.69 Å². The molecule has 0 fully saturated rings. The fourth-order valence-electron chi connectivity index (χ4n) is 1.82. The molecule has 1 atom stereocenters. The van der Waals surface area contributed by atoms with Crippen LogP contribution < -0.4 is 5.73 Å². The van der Waals surface area contributed by atoms with Crippen molar-refractivity contribution < 1.29 is 14.3 Å². The Morgan fingerprint density at radius 2 is 2.14 bits per heavy atom. The quantitative estimate of drug-likeness (QED) is 0.650. The third-order valence-corrected chi connectivity index (χ3v) is 2.85. The van der Waals surface area contributed by atoms with Gasteiger partial charge < -0.3 is 15.2 Å². The highest BCUT2D eigenvalue weighted by Gasteiger charge is 2.15. The Balaban J connectivity index is 2.06. The lowest BCUT2D eigenvalue weighted by atomic mass is 10.3. The van der Waals surface area contributed by atoms with Crippen LogP contribution in [0.15, 0.2) is 36.5 Å². The molecule has 6 nitrogen and oxygen atoms in total. The van der Waals surface area contributed by atoms with Gasteiger partial charge in [0.05, 0.1) is 18.0 Å². The third kappa shape index (κ3) is 3.82. The number of anilines is 1. The van der Waals surface area contributed by atoms with Gasteiger partial charge in [-0.05, 0) is 32.0 Å². The molecule has 0 saturated carbocycles. The van der Waals surface area contributed by atoms with E-state index in [9.17, 15) is 4.79 Å². The second-order valence-corrected chi connectivity index (χ2v) is 4.58. The molecule has 0 amide bonds. The minimum atomic E-state index is -0.476. The first-order valence-corrected chi connectivity index (χ1v) is 6.81. The van der Waals surface area contributed by atoms with Gasteiger partial charge in [0.2, 0.25) is 0 Å². The molecular formula is C15H19N3O3. The second-order valence-electron chi connectivity index (χ2n) is 4.58. The Labute approximate surface area is 123 Å². The highest BCUT2D eigenvalue weighted by molar-refractivity contribution is 5.87. The number of hydrogen-bond acceptors (Lipinski definition) is 5. The molecule has 1 heterocycles. The van der Waals surface area contributed by atoms with Gasteiger partial charge in [0.15, 0.2) is 5.69 Å². The van der Waals surface area contributed by atoms with Crippen LogP contribution in [0.1, 0.15) is 24.3 Å². The molecule has 0 bridgehead atoms. The Morgan fingerprint density at radius 3 is 2.86 bits per heavy atom. The lowest BCUT2D eigenvalue weighted by molar-refractivity contribution is 0.00384. The molecule has 112 valence electrons. The highest BCUT2D eigenvalue weighted by atomic mass is 16.6. The predicted octanol–water partition coefficient (Wildman–Crippen LogP) is 2.04. The molecule has 21 heavy (non-hydrogen) atoms. The molecule has 2 aromatic rings. The largest absolute Gasteiger partial charge is 0.455 e. The van der Waals surface area contributed by atoms with E-state index in [4.69, 9.17) is 15.2 Å². The number of aromatic nitrogens is 2. The van der Waals surface area contributed by atoms with Crippen LogP contribution in [0.4, 0.5) is 5.69 Å². The van der Waals surface area contributed by atoms with Gasteiger partial charge in [-0.2, -0.15) is 5.10 Å². The minimum absolute atomic E-state index is 0.238. The van der Waals surface area contributed by atoms with Crippen molar-refractivity contribution in [3.05, 3.63) is 42.2 Å². The summed E-state index contributed by atoms with van der Waals surface area (Å²) in [6, 6.07) is 8.90. The van der Waals surface area contributed by atoms with Crippen molar-refractivity contribution >= 4 is 11.7 Å². The number of carbonyl (C=O) groups is 1. The standard InChI is InChI=1S/C15H19N3O3/c1-3-20-10-11(2)21-15(19)13-8-9-18(17-13)14-7-5-4-6-12(14)16/h4-9,11H,3,10,16H2,1-2H3. The molecule has 1 aromatic heterocycles. The van der Waals surface area contributed by atoms with Gasteiger partial charge in [-0.15, -0.1) is 0 Å². The SMILES string of the molecule is CCOCC(C)OC(=O)c1ccn(-c2ccccc2N)n1. The summed E-state index contributed by atoms with van der Waals surface area (Å²) >= 11 is 0. The van der Waals surface area contributed by atoms with E-state index >= 15 is 0 Å². The molecule has 1 aromatic carbocycles. The Kier molecular flexibility index (Phi) is 4.94. The average molecular weight is 289 g/mol. The summed E-state index contributed by atoms with van der Waals surface area (Å²) in [5.41, 5.74) is 7.43. The smallest absolute Gasteiger partial charge is 0.359 e. The van der Waals surface area contributed by atoms with Crippen LogP contribution in [-0.4, -0.2) is 35.1 Å². The highest BCUT2D eigenvalue weighted by Crippen LogP contribution is 2.16. The van der Waals surface area contributed by atoms with Crippen LogP contribution in [0, 0.1) is 0 Å². The zero-order valence-corrected chi connectivity index (χ0v) is 12.2. The van der Waals surface area contributed by atoms with Crippen molar-refractivity contribution in [1.82, 2.24) is 9.78 Å². The molecule has 6 heteroatoms. The lowest BCUT2D eigenvalue weighted by Crippen LogP contribution is -2.20. The Hall–Kier alpha value is -2.34. The van der Waals surface area contributed by atoms with E-state index in [1.54, 1.807) is 29.9 Å². The Bertz CT molecular complexity index is 610. The predicted molar refractivity (Wildman–Crippen MR) is 79.3 cm³/mol. The number of esters is 1. The summed E-state index contributed by atoms with van der Waals surface area (Å²) in [4.78, 5) is 12.0. The summed E-state index contributed by atoms with van der Waals surface area (Å²) in [7, 11) is 0. The van der Waals surface area contributed by atoms with Crippen LogP contribution in [0.3, 0.4) is 0 Å². The normalized spacial score (nSPS) is 12.1. The van der Waals surface area contributed by atoms with Crippen LogP contribution in [-0.2, 0) is 9.47 Å². The van der Waals surface area contributed by atoms with Crippen molar-refractivity contribution in [2.45, 2.75) is 20.0 Å². The number of carbonyl (C=O) groups excluding carboxylic acids is 1. The average Bonchev–Trinajstić information content (AvgIpc) is 2.95. The summed E-state index contributed by atoms with van der Waals surface area (Å²) in [6.07, 6.45) is 1.36. The molecule has 0 aliphatic rings. The summed E-state index contributed by atoms with van der Waals surface area (Å²) in [5, 5.41) is 4.20. The topological polar surface area (TPSA) is 79.4 Å². The second kappa shape index (κ2) is 6.90. The molecule has 0 radical (unpaired) electrons. The molecule has 0 aliphatic carbocycles. The number of ether oxygens (including phenoxy) is 2. The molecule has 1 unspecified atom stereocenters. The van der Waals surface area contributed by atoms with Gasteiger partial charge in [0.25, 0.3) is 0 Å². The van der Waals surface area contributed by atoms with E-state index in [-0.39, 0.29) is 11.8 Å². The molecule has 0 aliphatic heterocycles. The van der Waals surface area contributed by atoms with E-state index in [0.29, 0.717) is 18.9 Å². The summed E-state index contributed by atoms with van der Waals surface area (Å²) < 4.78 is 12.0. The number of hydrogen-bond donors (Lipinski definition) is 1. The van der Waals surface area contributed by atoms with E-state index in [1.807, 2.05) is 25.1 Å². The van der Waals surface area contributed by atoms with Gasteiger partial charge in [-0.25, -0.2) is 9.48 Å². The summed E-state index contributed by atoms with van der Waals surface area (Å²) in [6.45, 7) is 4.62. The number of para-hydroxylation sites is 2. The summed E-state index contributed by atoms with van der Waals surface area (Å²) in [5.74, 6) is -0.476. The number of nitrogen functional groups attached to an aromatic ring is 1. The van der Waals surface area contributed by atoms with E-state index < -0.39 is 5.97 Å². The lowest BCUT2D eigenvalue weighted by Gasteiger charge is -2.11. The zero-order chi connectivity index (χ0) is 15.2. The van der Waals surface area contributed by atoms with Crippen molar-refractivity contribution in [1.29, 1.82) is 0 Å². The van der Waals surface area contributed by atoms with E-state index in [0.717, 1.165) is 5.69 Å². The van der Waals surface area contributed by atoms with Gasteiger partial charge in [0, 0.05) is 12.8 Å². The molecule has 0 saturated heterocycles. The van der Waals surface area contributed by atoms with Gasteiger partial charge >= 0.3 is 5.97 Å². The Morgan fingerprint density at radius 1 is 1.38 bits per heavy atom. The molecule has 2 N–H and O–H groups in total. The van der Waals surface area contributed by atoms with Crippen molar-refractivity contribution in [3.63, 3.8) is 0 Å². The molecule has 2 rings (SSSR count). The van der Waals surface area contributed by atoms with Crippen molar-refractivity contribution in [3.8, 4) is 5.69 Å². The third-order valence-electron chi connectivity index (χ3n) is 2.85. The van der Waals surface area contributed by atoms with E-state index in [1.165, 1.54) is 0 Å².